The molecule has 194 valence electrons. The average molecular weight is 489 g/mol. The van der Waals surface area contributed by atoms with Crippen molar-refractivity contribution >= 4 is 22.7 Å². The minimum absolute atomic E-state index is 0.00265. The Morgan fingerprint density at radius 1 is 1.11 bits per heavy atom. The van der Waals surface area contributed by atoms with Crippen molar-refractivity contribution in [3.63, 3.8) is 0 Å². The highest BCUT2D eigenvalue weighted by molar-refractivity contribution is 6.21. The highest BCUT2D eigenvalue weighted by atomic mass is 15.0. The Balaban J connectivity index is 2.24. The molecule has 2 rings (SSSR count). The molecule has 0 amide bonds. The average Bonchev–Trinajstić information content (AvgIpc) is 2.82. The second-order valence-corrected chi connectivity index (χ2v) is 9.78. The van der Waals surface area contributed by atoms with Gasteiger partial charge in [-0.2, -0.15) is 0 Å². The van der Waals surface area contributed by atoms with Gasteiger partial charge in [-0.25, -0.2) is 0 Å². The van der Waals surface area contributed by atoms with Crippen molar-refractivity contribution in [3.8, 4) is 0 Å². The minimum Gasteiger partial charge on any atom is -0.405 e. The summed E-state index contributed by atoms with van der Waals surface area (Å²) >= 11 is 0. The van der Waals surface area contributed by atoms with Gasteiger partial charge in [-0.3, -0.25) is 4.99 Å². The lowest BCUT2D eigenvalue weighted by molar-refractivity contribution is 0.306. The topological polar surface area (TPSA) is 112 Å². The van der Waals surface area contributed by atoms with Gasteiger partial charge in [-0.1, -0.05) is 56.2 Å². The molecule has 1 aliphatic rings. The normalized spacial score (nSPS) is 16.2. The van der Waals surface area contributed by atoms with E-state index in [2.05, 4.69) is 48.7 Å². The zero-order chi connectivity index (χ0) is 26.7. The minimum atomic E-state index is 0.00265. The first kappa shape index (κ1) is 28.7. The van der Waals surface area contributed by atoms with Crippen LogP contribution >= 0.6 is 0 Å². The van der Waals surface area contributed by atoms with Gasteiger partial charge in [-0.15, -0.1) is 0 Å². The fourth-order valence-corrected chi connectivity index (χ4v) is 4.61. The molecule has 0 spiro atoms. The van der Waals surface area contributed by atoms with E-state index in [-0.39, 0.29) is 6.04 Å². The van der Waals surface area contributed by atoms with E-state index in [9.17, 15) is 0 Å². The summed E-state index contributed by atoms with van der Waals surface area (Å²) in [7, 11) is 0. The molecule has 0 heterocycles. The summed E-state index contributed by atoms with van der Waals surface area (Å²) in [4.78, 5) is 4.68. The standard InChI is InChI=1S/C30H44N6/c1-20(2)17-19-34-28(16-18-31)23(5)36-30(26-10-8-7-9-11-26)24(6)35-27-14-12-25(13-15-27)29(21(3)32)22(4)33/h12-18,26,30,32,35-36H,5-11,19,31,33H2,1-4H3/b18-16-,29-22+,32-21?,34-28?. The van der Waals surface area contributed by atoms with Crippen molar-refractivity contribution in [1.29, 1.82) is 5.41 Å². The lowest BCUT2D eigenvalue weighted by Crippen LogP contribution is -2.41. The molecule has 36 heavy (non-hydrogen) atoms. The van der Waals surface area contributed by atoms with Crippen LogP contribution in [-0.4, -0.2) is 24.0 Å². The van der Waals surface area contributed by atoms with Gasteiger partial charge in [0, 0.05) is 28.4 Å². The highest BCUT2D eigenvalue weighted by Gasteiger charge is 2.27. The fourth-order valence-electron chi connectivity index (χ4n) is 4.61. The molecule has 0 bridgehead atoms. The van der Waals surface area contributed by atoms with Crippen LogP contribution in [0.25, 0.3) is 5.57 Å². The van der Waals surface area contributed by atoms with E-state index in [0.717, 1.165) is 46.8 Å². The monoisotopic (exact) mass is 488 g/mol. The molecule has 0 aromatic heterocycles. The number of hydrogen-bond donors (Lipinski definition) is 5. The van der Waals surface area contributed by atoms with Crippen LogP contribution in [0, 0.1) is 11.3 Å². The summed E-state index contributed by atoms with van der Waals surface area (Å²) in [5, 5.41) is 15.2. The van der Waals surface area contributed by atoms with Crippen LogP contribution in [0.5, 0.6) is 0 Å². The molecular weight excluding hydrogens is 444 g/mol. The number of hydrogen-bond acceptors (Lipinski definition) is 6. The predicted octanol–water partition coefficient (Wildman–Crippen LogP) is 6.27. The Morgan fingerprint density at radius 2 is 1.75 bits per heavy atom. The Hall–Kier alpha value is -3.54. The van der Waals surface area contributed by atoms with Crippen molar-refractivity contribution in [2.24, 2.45) is 22.4 Å². The van der Waals surface area contributed by atoms with Crippen LogP contribution in [-0.2, 0) is 0 Å². The third-order valence-electron chi connectivity index (χ3n) is 6.40. The van der Waals surface area contributed by atoms with Gasteiger partial charge in [0.05, 0.1) is 24.0 Å². The van der Waals surface area contributed by atoms with E-state index >= 15 is 0 Å². The second kappa shape index (κ2) is 14.1. The molecular formula is C30H44N6. The first-order valence-electron chi connectivity index (χ1n) is 12.7. The molecule has 1 atom stereocenters. The van der Waals surface area contributed by atoms with Crippen molar-refractivity contribution in [1.82, 2.24) is 5.32 Å². The molecule has 0 aliphatic heterocycles. The number of aliphatic imine (C=N–C) groups is 1. The Labute approximate surface area is 217 Å². The second-order valence-electron chi connectivity index (χ2n) is 9.78. The molecule has 1 fully saturated rings. The van der Waals surface area contributed by atoms with Crippen LogP contribution in [0.2, 0.25) is 0 Å². The maximum atomic E-state index is 8.04. The summed E-state index contributed by atoms with van der Waals surface area (Å²) in [6.07, 6.45) is 11.4. The Bertz CT molecular complexity index is 1040. The van der Waals surface area contributed by atoms with E-state index in [1.807, 2.05) is 31.2 Å². The predicted molar refractivity (Wildman–Crippen MR) is 157 cm³/mol. The van der Waals surface area contributed by atoms with Crippen LogP contribution in [0.1, 0.15) is 65.4 Å². The maximum absolute atomic E-state index is 8.04. The molecule has 0 radical (unpaired) electrons. The first-order chi connectivity index (χ1) is 17.1. The zero-order valence-corrected chi connectivity index (χ0v) is 22.5. The van der Waals surface area contributed by atoms with Gasteiger partial charge in [-0.05, 0) is 76.4 Å². The molecule has 6 nitrogen and oxygen atoms in total. The number of rotatable bonds is 12. The zero-order valence-electron chi connectivity index (χ0n) is 22.5. The summed E-state index contributed by atoms with van der Waals surface area (Å²) in [5.74, 6) is 0.450. The molecule has 6 heteroatoms. The number of nitrogens with two attached hydrogens (primary N) is 2. The van der Waals surface area contributed by atoms with Gasteiger partial charge in [0.25, 0.3) is 0 Å². The van der Waals surface area contributed by atoms with Gasteiger partial charge in [0.15, 0.2) is 0 Å². The van der Waals surface area contributed by atoms with Crippen molar-refractivity contribution in [2.45, 2.75) is 65.8 Å². The van der Waals surface area contributed by atoms with Gasteiger partial charge >= 0.3 is 0 Å². The number of nitrogens with one attached hydrogen (secondary N) is 3. The number of anilines is 1. The van der Waals surface area contributed by atoms with Crippen LogP contribution in [0.4, 0.5) is 5.69 Å². The summed E-state index contributed by atoms with van der Waals surface area (Å²) in [5.41, 5.74) is 19.0. The molecule has 0 saturated heterocycles. The SMILES string of the molecule is C=C(NC(C(=C)Nc1ccc(/C(C(C)=N)=C(\C)N)cc1)C1CCCCC1)C(/C=C\N)=NCC=C(C)C. The lowest BCUT2D eigenvalue weighted by atomic mass is 9.82. The number of allylic oxidation sites excluding steroid dienone is 4. The largest absolute Gasteiger partial charge is 0.405 e. The van der Waals surface area contributed by atoms with E-state index in [0.29, 0.717) is 23.9 Å². The van der Waals surface area contributed by atoms with Gasteiger partial charge in [0.1, 0.15) is 0 Å². The van der Waals surface area contributed by atoms with Gasteiger partial charge in [0.2, 0.25) is 0 Å². The van der Waals surface area contributed by atoms with Gasteiger partial charge < -0.3 is 27.5 Å². The third-order valence-corrected chi connectivity index (χ3v) is 6.40. The summed E-state index contributed by atoms with van der Waals surface area (Å²) < 4.78 is 0. The van der Waals surface area contributed by atoms with Crippen molar-refractivity contribution in [3.05, 3.63) is 84.0 Å². The van der Waals surface area contributed by atoms with Crippen LogP contribution < -0.4 is 22.1 Å². The quantitative estimate of drug-likeness (QED) is 0.176. The molecule has 1 unspecified atom stereocenters. The Kier molecular flexibility index (Phi) is 11.3. The lowest BCUT2D eigenvalue weighted by Gasteiger charge is -2.34. The number of benzene rings is 1. The summed E-state index contributed by atoms with van der Waals surface area (Å²) in [6.45, 7) is 17.0. The van der Waals surface area contributed by atoms with Crippen LogP contribution in [0.15, 0.2) is 83.4 Å². The molecule has 7 N–H and O–H groups in total. The summed E-state index contributed by atoms with van der Waals surface area (Å²) in [6, 6.07) is 7.98. The third kappa shape index (κ3) is 8.59. The highest BCUT2D eigenvalue weighted by Crippen LogP contribution is 2.30. The van der Waals surface area contributed by atoms with Crippen molar-refractivity contribution < 1.29 is 0 Å². The fraction of sp³-hybridized carbons (Fsp3) is 0.400. The number of nitrogens with zero attached hydrogens (tertiary/aromatic N) is 1. The Morgan fingerprint density at radius 3 is 2.28 bits per heavy atom. The maximum Gasteiger partial charge on any atom is 0.0817 e. The molecule has 1 aromatic carbocycles. The molecule has 1 aliphatic carbocycles. The molecule has 1 aromatic rings. The smallest absolute Gasteiger partial charge is 0.0817 e. The first-order valence-corrected chi connectivity index (χ1v) is 12.7. The van der Waals surface area contributed by atoms with E-state index in [4.69, 9.17) is 16.9 Å². The van der Waals surface area contributed by atoms with E-state index < -0.39 is 0 Å². The van der Waals surface area contributed by atoms with E-state index in [1.54, 1.807) is 13.0 Å². The van der Waals surface area contributed by atoms with Crippen molar-refractivity contribution in [2.75, 3.05) is 11.9 Å². The van der Waals surface area contributed by atoms with E-state index in [1.165, 1.54) is 31.0 Å². The van der Waals surface area contributed by atoms with Crippen LogP contribution in [0.3, 0.4) is 0 Å². The molecule has 1 saturated carbocycles.